The number of nitrogens with one attached hydrogen (secondary N) is 1. The zero-order valence-corrected chi connectivity index (χ0v) is 10.7. The van der Waals surface area contributed by atoms with E-state index in [1.54, 1.807) is 0 Å². The molecule has 0 saturated carbocycles. The second-order valence-corrected chi connectivity index (χ2v) is 5.74. The highest BCUT2D eigenvalue weighted by Crippen LogP contribution is 2.45. The van der Waals surface area contributed by atoms with Crippen LogP contribution in [-0.4, -0.2) is 20.5 Å². The summed E-state index contributed by atoms with van der Waals surface area (Å²) < 4.78 is 21.5. The van der Waals surface area contributed by atoms with Crippen LogP contribution in [0.15, 0.2) is 30.3 Å². The molecule has 0 aliphatic heterocycles. The van der Waals surface area contributed by atoms with E-state index in [1.807, 2.05) is 37.3 Å². The fourth-order valence-electron chi connectivity index (χ4n) is 1.31. The zero-order chi connectivity index (χ0) is 12.0. The Morgan fingerprint density at radius 2 is 1.81 bits per heavy atom. The van der Waals surface area contributed by atoms with E-state index in [-0.39, 0.29) is 12.3 Å². The highest BCUT2D eigenvalue weighted by atomic mass is 31.2. The molecule has 1 N–H and O–H groups in total. The molecule has 0 saturated heterocycles. The standard InChI is InChI=1S/C11H18NO3P/c1-10(11-7-5-4-6-8-11)12-9-16(13,14-2)15-3/h4-8,10,12H,9H2,1-3H3/t10-/m0/s1. The lowest BCUT2D eigenvalue weighted by Gasteiger charge is -2.18. The van der Waals surface area contributed by atoms with Gasteiger partial charge in [-0.15, -0.1) is 0 Å². The monoisotopic (exact) mass is 243 g/mol. The van der Waals surface area contributed by atoms with Gasteiger partial charge in [0.2, 0.25) is 0 Å². The summed E-state index contributed by atoms with van der Waals surface area (Å²) in [7, 11) is -0.191. The maximum Gasteiger partial charge on any atom is 0.343 e. The van der Waals surface area contributed by atoms with Crippen molar-refractivity contribution in [3.63, 3.8) is 0 Å². The number of hydrogen-bond donors (Lipinski definition) is 1. The first-order valence-corrected chi connectivity index (χ1v) is 6.83. The molecule has 0 aliphatic carbocycles. The number of benzene rings is 1. The Kier molecular flexibility index (Phi) is 5.16. The van der Waals surface area contributed by atoms with Crippen LogP contribution in [-0.2, 0) is 13.6 Å². The molecule has 0 bridgehead atoms. The lowest BCUT2D eigenvalue weighted by molar-refractivity contribution is 0.271. The minimum Gasteiger partial charge on any atom is -0.311 e. The van der Waals surface area contributed by atoms with Gasteiger partial charge in [-0.25, -0.2) is 0 Å². The largest absolute Gasteiger partial charge is 0.343 e. The van der Waals surface area contributed by atoms with Crippen LogP contribution in [0.4, 0.5) is 0 Å². The van der Waals surface area contributed by atoms with Gasteiger partial charge in [0.1, 0.15) is 0 Å². The molecule has 5 heteroatoms. The van der Waals surface area contributed by atoms with E-state index < -0.39 is 7.60 Å². The van der Waals surface area contributed by atoms with Crippen molar-refractivity contribution in [1.29, 1.82) is 0 Å². The fraction of sp³-hybridized carbons (Fsp3) is 0.455. The van der Waals surface area contributed by atoms with Crippen molar-refractivity contribution < 1.29 is 13.6 Å². The van der Waals surface area contributed by atoms with Crippen LogP contribution < -0.4 is 5.32 Å². The van der Waals surface area contributed by atoms with Crippen molar-refractivity contribution in [2.45, 2.75) is 13.0 Å². The molecule has 0 aromatic heterocycles. The summed E-state index contributed by atoms with van der Waals surface area (Å²) in [5.74, 6) is 0. The minimum atomic E-state index is -2.97. The maximum atomic E-state index is 11.8. The van der Waals surface area contributed by atoms with Gasteiger partial charge in [0.25, 0.3) is 0 Å². The average molecular weight is 243 g/mol. The van der Waals surface area contributed by atoms with Crippen LogP contribution in [0, 0.1) is 0 Å². The van der Waals surface area contributed by atoms with Gasteiger partial charge in [-0.1, -0.05) is 30.3 Å². The number of hydrogen-bond acceptors (Lipinski definition) is 4. The molecule has 90 valence electrons. The third-order valence-electron chi connectivity index (χ3n) is 2.45. The summed E-state index contributed by atoms with van der Waals surface area (Å²) in [5, 5.41) is 3.13. The third kappa shape index (κ3) is 3.72. The number of rotatable bonds is 6. The van der Waals surface area contributed by atoms with E-state index in [2.05, 4.69) is 5.32 Å². The van der Waals surface area contributed by atoms with Gasteiger partial charge in [0, 0.05) is 20.3 Å². The van der Waals surface area contributed by atoms with Gasteiger partial charge in [0.15, 0.2) is 0 Å². The summed E-state index contributed by atoms with van der Waals surface area (Å²) >= 11 is 0. The molecule has 0 aliphatic rings. The highest BCUT2D eigenvalue weighted by molar-refractivity contribution is 7.53. The van der Waals surface area contributed by atoms with E-state index in [9.17, 15) is 4.57 Å². The van der Waals surface area contributed by atoms with E-state index in [1.165, 1.54) is 14.2 Å². The van der Waals surface area contributed by atoms with Crippen molar-refractivity contribution >= 4 is 7.60 Å². The fourth-order valence-corrected chi connectivity index (χ4v) is 2.22. The van der Waals surface area contributed by atoms with Crippen molar-refractivity contribution in [2.75, 3.05) is 20.5 Å². The molecule has 0 amide bonds. The molecule has 0 radical (unpaired) electrons. The van der Waals surface area contributed by atoms with E-state index in [0.29, 0.717) is 0 Å². The van der Waals surface area contributed by atoms with E-state index >= 15 is 0 Å². The average Bonchev–Trinajstić information content (AvgIpc) is 2.36. The Hall–Kier alpha value is -0.670. The van der Waals surface area contributed by atoms with Crippen LogP contribution in [0.1, 0.15) is 18.5 Å². The summed E-state index contributed by atoms with van der Waals surface area (Å²) in [6, 6.07) is 10.1. The van der Waals surface area contributed by atoms with Crippen LogP contribution >= 0.6 is 7.60 Å². The Bertz CT molecular complexity index is 348. The van der Waals surface area contributed by atoms with Gasteiger partial charge >= 0.3 is 7.60 Å². The van der Waals surface area contributed by atoms with Crippen molar-refractivity contribution in [2.24, 2.45) is 0 Å². The second kappa shape index (κ2) is 6.16. The summed E-state index contributed by atoms with van der Waals surface area (Å²) in [4.78, 5) is 0. The molecular formula is C11H18NO3P. The molecule has 1 aromatic rings. The quantitative estimate of drug-likeness (QED) is 0.780. The topological polar surface area (TPSA) is 47.6 Å². The molecule has 0 unspecified atom stereocenters. The van der Waals surface area contributed by atoms with Gasteiger partial charge in [-0.2, -0.15) is 0 Å². The predicted octanol–water partition coefficient (Wildman–Crippen LogP) is 2.78. The van der Waals surface area contributed by atoms with Crippen molar-refractivity contribution in [3.05, 3.63) is 35.9 Å². The van der Waals surface area contributed by atoms with Crippen LogP contribution in [0.5, 0.6) is 0 Å². The van der Waals surface area contributed by atoms with Gasteiger partial charge in [-0.05, 0) is 12.5 Å². The molecule has 0 fully saturated rings. The van der Waals surface area contributed by atoms with Gasteiger partial charge in [0.05, 0.1) is 6.29 Å². The first-order chi connectivity index (χ1) is 7.61. The summed E-state index contributed by atoms with van der Waals surface area (Å²) in [5.41, 5.74) is 1.14. The van der Waals surface area contributed by atoms with Crippen molar-refractivity contribution in [1.82, 2.24) is 5.32 Å². The van der Waals surface area contributed by atoms with Crippen molar-refractivity contribution in [3.8, 4) is 0 Å². The normalized spacial score (nSPS) is 13.7. The molecule has 0 heterocycles. The second-order valence-electron chi connectivity index (χ2n) is 3.47. The molecular weight excluding hydrogens is 225 g/mol. The Morgan fingerprint density at radius 3 is 2.31 bits per heavy atom. The SMILES string of the molecule is COP(=O)(CN[C@@H](C)c1ccccc1)OC. The summed E-state index contributed by atoms with van der Waals surface area (Å²) in [6.07, 6.45) is 0.204. The van der Waals surface area contributed by atoms with Gasteiger partial charge in [-0.3, -0.25) is 9.88 Å². The molecule has 16 heavy (non-hydrogen) atoms. The maximum absolute atomic E-state index is 11.8. The molecule has 1 atom stereocenters. The predicted molar refractivity (Wildman–Crippen MR) is 64.5 cm³/mol. The van der Waals surface area contributed by atoms with Crippen LogP contribution in [0.2, 0.25) is 0 Å². The van der Waals surface area contributed by atoms with E-state index in [4.69, 9.17) is 9.05 Å². The third-order valence-corrected chi connectivity index (χ3v) is 4.13. The molecule has 1 rings (SSSR count). The lowest BCUT2D eigenvalue weighted by Crippen LogP contribution is -2.20. The highest BCUT2D eigenvalue weighted by Gasteiger charge is 2.21. The lowest BCUT2D eigenvalue weighted by atomic mass is 10.1. The molecule has 0 spiro atoms. The smallest absolute Gasteiger partial charge is 0.311 e. The van der Waals surface area contributed by atoms with Gasteiger partial charge < -0.3 is 9.05 Å². The Morgan fingerprint density at radius 1 is 1.25 bits per heavy atom. The Labute approximate surface area is 96.5 Å². The minimum absolute atomic E-state index is 0.111. The van der Waals surface area contributed by atoms with E-state index in [0.717, 1.165) is 5.56 Å². The first-order valence-electron chi connectivity index (χ1n) is 5.10. The zero-order valence-electron chi connectivity index (χ0n) is 9.84. The molecule has 1 aromatic carbocycles. The molecule has 4 nitrogen and oxygen atoms in total. The first kappa shape index (κ1) is 13.4. The Balaban J connectivity index is 2.53. The van der Waals surface area contributed by atoms with Crippen LogP contribution in [0.25, 0.3) is 0 Å². The van der Waals surface area contributed by atoms with Crippen LogP contribution in [0.3, 0.4) is 0 Å². The summed E-state index contributed by atoms with van der Waals surface area (Å²) in [6.45, 7) is 2.00.